The quantitative estimate of drug-likeness (QED) is 0.878. The van der Waals surface area contributed by atoms with Crippen LogP contribution >= 0.6 is 0 Å². The van der Waals surface area contributed by atoms with E-state index >= 15 is 0 Å². The molecule has 1 unspecified atom stereocenters. The maximum absolute atomic E-state index is 9.48. The molecule has 2 aromatic rings. The molecule has 1 heterocycles. The van der Waals surface area contributed by atoms with E-state index in [4.69, 9.17) is 4.74 Å². The summed E-state index contributed by atoms with van der Waals surface area (Å²) < 4.78 is 5.61. The molecule has 0 bridgehead atoms. The summed E-state index contributed by atoms with van der Waals surface area (Å²) in [4.78, 5) is 1.39. The smallest absolute Gasteiger partial charge is 0.212 e. The lowest BCUT2D eigenvalue weighted by Crippen LogP contribution is -2.01. The highest BCUT2D eigenvalue weighted by Crippen LogP contribution is 2.23. The first kappa shape index (κ1) is 12.5. The zero-order valence-electron chi connectivity index (χ0n) is 10.7. The van der Waals surface area contributed by atoms with Crippen molar-refractivity contribution in [3.05, 3.63) is 35.2 Å². The van der Waals surface area contributed by atoms with Gasteiger partial charge in [0.2, 0.25) is 5.82 Å². The van der Waals surface area contributed by atoms with Gasteiger partial charge in [-0.05, 0) is 42.3 Å². The minimum absolute atomic E-state index is 0.280. The lowest BCUT2D eigenvalue weighted by atomic mass is 10.1. The van der Waals surface area contributed by atoms with Gasteiger partial charge in [0.05, 0.1) is 13.2 Å². The van der Waals surface area contributed by atoms with E-state index in [1.54, 1.807) is 14.0 Å². The Labute approximate surface area is 105 Å². The second-order valence-corrected chi connectivity index (χ2v) is 4.18. The van der Waals surface area contributed by atoms with Crippen LogP contribution in [-0.4, -0.2) is 25.3 Å². The van der Waals surface area contributed by atoms with Gasteiger partial charge in [-0.2, -0.15) is 4.80 Å². The van der Waals surface area contributed by atoms with Gasteiger partial charge in [0.25, 0.3) is 0 Å². The molecule has 0 fully saturated rings. The summed E-state index contributed by atoms with van der Waals surface area (Å²) in [7, 11) is 1.71. The van der Waals surface area contributed by atoms with E-state index in [1.807, 2.05) is 25.1 Å². The second kappa shape index (κ2) is 5.14. The predicted molar refractivity (Wildman–Crippen MR) is 64.9 cm³/mol. The van der Waals surface area contributed by atoms with Gasteiger partial charge in [-0.15, -0.1) is 10.2 Å². The standard InChI is InChI=1S/C12H16N4O2/c1-8-6-10(9(2)17)4-5-11(8)18-7-12-13-15-16(3)14-12/h4-6,9,17H,7H2,1-3H3. The van der Waals surface area contributed by atoms with E-state index < -0.39 is 6.10 Å². The number of rotatable bonds is 4. The number of aromatic nitrogens is 4. The predicted octanol–water partition coefficient (Wildman–Crippen LogP) is 1.15. The van der Waals surface area contributed by atoms with Crippen LogP contribution in [-0.2, 0) is 13.7 Å². The molecule has 0 saturated heterocycles. The van der Waals surface area contributed by atoms with Crippen LogP contribution in [0.3, 0.4) is 0 Å². The number of tetrazole rings is 1. The molecular formula is C12H16N4O2. The molecule has 6 heteroatoms. The lowest BCUT2D eigenvalue weighted by Gasteiger charge is -2.10. The van der Waals surface area contributed by atoms with Crippen LogP contribution in [0.15, 0.2) is 18.2 Å². The fourth-order valence-electron chi connectivity index (χ4n) is 1.62. The molecule has 0 aliphatic carbocycles. The van der Waals surface area contributed by atoms with Gasteiger partial charge in [-0.25, -0.2) is 0 Å². The third-order valence-electron chi connectivity index (χ3n) is 2.59. The Morgan fingerprint density at radius 2 is 2.22 bits per heavy atom. The van der Waals surface area contributed by atoms with Crippen LogP contribution < -0.4 is 4.74 Å². The first-order valence-electron chi connectivity index (χ1n) is 5.70. The van der Waals surface area contributed by atoms with E-state index in [0.717, 1.165) is 16.9 Å². The Morgan fingerprint density at radius 1 is 1.44 bits per heavy atom. The maximum Gasteiger partial charge on any atom is 0.212 e. The summed E-state index contributed by atoms with van der Waals surface area (Å²) in [5.74, 6) is 1.29. The van der Waals surface area contributed by atoms with Gasteiger partial charge >= 0.3 is 0 Å². The molecule has 1 atom stereocenters. The summed E-state index contributed by atoms with van der Waals surface area (Å²) in [6.45, 7) is 3.95. The normalized spacial score (nSPS) is 12.4. The summed E-state index contributed by atoms with van der Waals surface area (Å²) >= 11 is 0. The van der Waals surface area contributed by atoms with Gasteiger partial charge in [0.1, 0.15) is 5.75 Å². The van der Waals surface area contributed by atoms with Crippen molar-refractivity contribution in [1.29, 1.82) is 0 Å². The Balaban J connectivity index is 2.05. The molecule has 96 valence electrons. The third kappa shape index (κ3) is 2.84. The molecule has 2 rings (SSSR count). The largest absolute Gasteiger partial charge is 0.485 e. The van der Waals surface area contributed by atoms with Crippen LogP contribution in [0.1, 0.15) is 30.0 Å². The fourth-order valence-corrected chi connectivity index (χ4v) is 1.62. The molecule has 1 aromatic carbocycles. The number of ether oxygens (including phenoxy) is 1. The monoisotopic (exact) mass is 248 g/mol. The molecule has 6 nitrogen and oxygen atoms in total. The van der Waals surface area contributed by atoms with Gasteiger partial charge in [0.15, 0.2) is 6.61 Å². The molecule has 0 aliphatic rings. The van der Waals surface area contributed by atoms with Gasteiger partial charge in [0, 0.05) is 0 Å². The van der Waals surface area contributed by atoms with Gasteiger partial charge in [-0.3, -0.25) is 0 Å². The Bertz CT molecular complexity index is 537. The highest BCUT2D eigenvalue weighted by molar-refractivity contribution is 5.36. The number of benzene rings is 1. The van der Waals surface area contributed by atoms with E-state index in [9.17, 15) is 5.11 Å². The minimum atomic E-state index is -0.473. The SMILES string of the molecule is Cc1cc(C(C)O)ccc1OCc1nnn(C)n1. The number of hydrogen-bond donors (Lipinski definition) is 1. The first-order chi connectivity index (χ1) is 8.56. The maximum atomic E-state index is 9.48. The van der Waals surface area contributed by atoms with Crippen LogP contribution in [0, 0.1) is 6.92 Å². The van der Waals surface area contributed by atoms with Crippen molar-refractivity contribution >= 4 is 0 Å². The molecule has 0 saturated carbocycles. The average molecular weight is 248 g/mol. The zero-order valence-corrected chi connectivity index (χ0v) is 10.7. The van der Waals surface area contributed by atoms with E-state index in [1.165, 1.54) is 4.80 Å². The van der Waals surface area contributed by atoms with Crippen LogP contribution in [0.25, 0.3) is 0 Å². The number of hydrogen-bond acceptors (Lipinski definition) is 5. The minimum Gasteiger partial charge on any atom is -0.485 e. The zero-order chi connectivity index (χ0) is 13.1. The topological polar surface area (TPSA) is 73.1 Å². The molecule has 0 amide bonds. The third-order valence-corrected chi connectivity index (χ3v) is 2.59. The summed E-state index contributed by atoms with van der Waals surface area (Å²) in [5, 5.41) is 21.1. The molecule has 1 N–H and O–H groups in total. The van der Waals surface area contributed by atoms with Crippen molar-refractivity contribution in [2.24, 2.45) is 7.05 Å². The van der Waals surface area contributed by atoms with Crippen molar-refractivity contribution in [2.75, 3.05) is 0 Å². The highest BCUT2D eigenvalue weighted by Gasteiger charge is 2.07. The van der Waals surface area contributed by atoms with Crippen LogP contribution in [0.5, 0.6) is 5.75 Å². The Morgan fingerprint density at radius 3 is 2.78 bits per heavy atom. The van der Waals surface area contributed by atoms with Crippen molar-refractivity contribution in [3.8, 4) is 5.75 Å². The summed E-state index contributed by atoms with van der Waals surface area (Å²) in [6, 6.07) is 5.59. The molecule has 0 aliphatic heterocycles. The van der Waals surface area contributed by atoms with Crippen LogP contribution in [0.4, 0.5) is 0 Å². The van der Waals surface area contributed by atoms with Crippen molar-refractivity contribution in [1.82, 2.24) is 20.2 Å². The van der Waals surface area contributed by atoms with Crippen molar-refractivity contribution < 1.29 is 9.84 Å². The molecule has 1 aromatic heterocycles. The number of aliphatic hydroxyl groups excluding tert-OH is 1. The van der Waals surface area contributed by atoms with Crippen LogP contribution in [0.2, 0.25) is 0 Å². The van der Waals surface area contributed by atoms with Gasteiger partial charge < -0.3 is 9.84 Å². The van der Waals surface area contributed by atoms with E-state index in [2.05, 4.69) is 15.4 Å². The number of aryl methyl sites for hydroxylation is 2. The molecule has 18 heavy (non-hydrogen) atoms. The second-order valence-electron chi connectivity index (χ2n) is 4.18. The molecular weight excluding hydrogens is 232 g/mol. The van der Waals surface area contributed by atoms with Crippen molar-refractivity contribution in [2.45, 2.75) is 26.6 Å². The highest BCUT2D eigenvalue weighted by atomic mass is 16.5. The Hall–Kier alpha value is -1.95. The first-order valence-corrected chi connectivity index (χ1v) is 5.70. The summed E-state index contributed by atoms with van der Waals surface area (Å²) in [5.41, 5.74) is 1.84. The average Bonchev–Trinajstić information content (AvgIpc) is 2.73. The van der Waals surface area contributed by atoms with E-state index in [-0.39, 0.29) is 6.61 Å². The molecule has 0 spiro atoms. The van der Waals surface area contributed by atoms with Gasteiger partial charge in [-0.1, -0.05) is 6.07 Å². The number of nitrogens with zero attached hydrogens (tertiary/aromatic N) is 4. The molecule has 0 radical (unpaired) electrons. The number of aliphatic hydroxyl groups is 1. The van der Waals surface area contributed by atoms with Crippen molar-refractivity contribution in [3.63, 3.8) is 0 Å². The summed E-state index contributed by atoms with van der Waals surface area (Å²) in [6.07, 6.45) is -0.473. The van der Waals surface area contributed by atoms with E-state index in [0.29, 0.717) is 5.82 Å². The fraction of sp³-hybridized carbons (Fsp3) is 0.417. The Kier molecular flexibility index (Phi) is 3.57. The lowest BCUT2D eigenvalue weighted by molar-refractivity contribution is 0.199.